The van der Waals surface area contributed by atoms with Crippen molar-refractivity contribution in [3.05, 3.63) is 48.1 Å². The number of aromatic nitrogens is 5. The van der Waals surface area contributed by atoms with Crippen LogP contribution in [0.5, 0.6) is 0 Å². The molecule has 1 aliphatic rings. The Balaban J connectivity index is 2.09. The molecule has 0 atom stereocenters. The van der Waals surface area contributed by atoms with Gasteiger partial charge in [0.2, 0.25) is 0 Å². The molecule has 1 aliphatic heterocycles. The number of imidazole rings is 1. The molecular formula is C14H10FN5O. The number of carbonyl (C=O) groups excluding carboxylic acids is 1. The van der Waals surface area contributed by atoms with Gasteiger partial charge in [-0.1, -0.05) is 0 Å². The third kappa shape index (κ3) is 1.63. The van der Waals surface area contributed by atoms with Crippen molar-refractivity contribution in [2.24, 2.45) is 0 Å². The van der Waals surface area contributed by atoms with Gasteiger partial charge in [-0.3, -0.25) is 9.36 Å². The highest BCUT2D eigenvalue weighted by atomic mass is 19.1. The number of hydrogen-bond acceptors (Lipinski definition) is 4. The Hall–Kier alpha value is -2.83. The lowest BCUT2D eigenvalue weighted by Gasteiger charge is -2.08. The van der Waals surface area contributed by atoms with Crippen LogP contribution in [0.15, 0.2) is 30.9 Å². The predicted molar refractivity (Wildman–Crippen MR) is 71.6 cm³/mol. The molecule has 4 rings (SSSR count). The van der Waals surface area contributed by atoms with Crippen LogP contribution >= 0.6 is 0 Å². The minimum absolute atomic E-state index is 0.115. The number of benzene rings is 1. The lowest BCUT2D eigenvalue weighted by molar-refractivity contribution is 0.101. The van der Waals surface area contributed by atoms with Crippen molar-refractivity contribution >= 4 is 5.78 Å². The van der Waals surface area contributed by atoms with Crippen molar-refractivity contribution in [1.29, 1.82) is 0 Å². The smallest absolute Gasteiger partial charge is 0.180 e. The first-order valence-electron chi connectivity index (χ1n) is 6.40. The fraction of sp³-hybridized carbons (Fsp3) is 0.143. The van der Waals surface area contributed by atoms with Gasteiger partial charge < -0.3 is 0 Å². The van der Waals surface area contributed by atoms with Gasteiger partial charge >= 0.3 is 0 Å². The van der Waals surface area contributed by atoms with E-state index >= 15 is 0 Å². The van der Waals surface area contributed by atoms with Gasteiger partial charge in [0.25, 0.3) is 0 Å². The maximum atomic E-state index is 13.6. The van der Waals surface area contributed by atoms with Crippen LogP contribution < -0.4 is 0 Å². The molecule has 6 nitrogen and oxygen atoms in total. The first-order chi connectivity index (χ1) is 10.1. The summed E-state index contributed by atoms with van der Waals surface area (Å²) in [6, 6.07) is 4.45. The summed E-state index contributed by atoms with van der Waals surface area (Å²) >= 11 is 0. The molecule has 104 valence electrons. The lowest BCUT2D eigenvalue weighted by Crippen LogP contribution is -2.08. The largest absolute Gasteiger partial charge is 0.300 e. The van der Waals surface area contributed by atoms with E-state index in [-0.39, 0.29) is 11.6 Å². The molecule has 1 aromatic carbocycles. The molecule has 0 spiro atoms. The normalized spacial score (nSPS) is 12.3. The van der Waals surface area contributed by atoms with Crippen LogP contribution in [0, 0.1) is 5.82 Å². The van der Waals surface area contributed by atoms with Gasteiger partial charge in [0.15, 0.2) is 11.6 Å². The zero-order chi connectivity index (χ0) is 14.6. The molecule has 3 aromatic rings. The third-order valence-electron chi connectivity index (χ3n) is 3.57. The van der Waals surface area contributed by atoms with Gasteiger partial charge in [0.1, 0.15) is 24.2 Å². The Bertz CT molecular complexity index is 879. The van der Waals surface area contributed by atoms with Crippen LogP contribution in [-0.2, 0) is 6.54 Å². The van der Waals surface area contributed by atoms with E-state index in [1.807, 2.05) is 0 Å². The van der Waals surface area contributed by atoms with Gasteiger partial charge in [-0.05, 0) is 18.2 Å². The second-order valence-corrected chi connectivity index (χ2v) is 4.87. The molecule has 0 amide bonds. The van der Waals surface area contributed by atoms with Crippen LogP contribution in [-0.4, -0.2) is 30.1 Å². The van der Waals surface area contributed by atoms with E-state index in [2.05, 4.69) is 15.1 Å². The van der Waals surface area contributed by atoms with Crippen LogP contribution in [0.4, 0.5) is 4.39 Å². The van der Waals surface area contributed by atoms with Gasteiger partial charge in [-0.25, -0.2) is 19.0 Å². The summed E-state index contributed by atoms with van der Waals surface area (Å²) < 4.78 is 17.0. The van der Waals surface area contributed by atoms with Gasteiger partial charge in [-0.15, -0.1) is 0 Å². The van der Waals surface area contributed by atoms with Crippen LogP contribution in [0.3, 0.4) is 0 Å². The highest BCUT2D eigenvalue weighted by molar-refractivity contribution is 5.93. The van der Waals surface area contributed by atoms with Gasteiger partial charge in [-0.2, -0.15) is 5.10 Å². The number of rotatable bonds is 1. The SMILES string of the molecule is CC(=O)c1ncn2c1Cn1ncnc1-c1cc(F)ccc1-2. The number of Topliss-reactive ketones (excluding diaryl/α,β-unsaturated/α-hetero) is 1. The topological polar surface area (TPSA) is 65.6 Å². The maximum Gasteiger partial charge on any atom is 0.180 e. The Kier molecular flexibility index (Phi) is 2.32. The molecule has 0 saturated carbocycles. The molecule has 0 saturated heterocycles. The first-order valence-corrected chi connectivity index (χ1v) is 6.40. The number of nitrogens with zero attached hydrogens (tertiary/aromatic N) is 5. The monoisotopic (exact) mass is 283 g/mol. The quantitative estimate of drug-likeness (QED) is 0.500. The van der Waals surface area contributed by atoms with Crippen LogP contribution in [0.2, 0.25) is 0 Å². The molecule has 0 bridgehead atoms. The van der Waals surface area contributed by atoms with Crippen molar-refractivity contribution in [3.63, 3.8) is 0 Å². The van der Waals surface area contributed by atoms with E-state index in [4.69, 9.17) is 0 Å². The van der Waals surface area contributed by atoms with Crippen molar-refractivity contribution in [2.45, 2.75) is 13.5 Å². The lowest BCUT2D eigenvalue weighted by atomic mass is 10.1. The summed E-state index contributed by atoms with van der Waals surface area (Å²) in [6.45, 7) is 1.84. The molecule has 7 heteroatoms. The maximum absolute atomic E-state index is 13.6. The fourth-order valence-corrected chi connectivity index (χ4v) is 2.65. The van der Waals surface area contributed by atoms with Crippen molar-refractivity contribution in [2.75, 3.05) is 0 Å². The minimum atomic E-state index is -0.348. The molecule has 0 fully saturated rings. The molecule has 0 aliphatic carbocycles. The predicted octanol–water partition coefficient (Wildman–Crippen LogP) is 1.83. The Morgan fingerprint density at radius 3 is 3.00 bits per heavy atom. The number of halogens is 1. The molecule has 3 heterocycles. The standard InChI is InChI=1S/C14H10FN5O/c1-8(21)13-12-5-20-14(16-6-18-20)10-4-9(15)2-3-11(10)19(12)7-17-13/h2-4,6-7H,5H2,1H3. The average Bonchev–Trinajstić information content (AvgIpc) is 3.04. The molecule has 0 N–H and O–H groups in total. The van der Waals surface area contributed by atoms with Crippen molar-refractivity contribution in [3.8, 4) is 17.1 Å². The van der Waals surface area contributed by atoms with Crippen LogP contribution in [0.1, 0.15) is 23.1 Å². The summed E-state index contributed by atoms with van der Waals surface area (Å²) in [4.78, 5) is 20.1. The van der Waals surface area contributed by atoms with E-state index < -0.39 is 0 Å². The number of ketones is 1. The van der Waals surface area contributed by atoms with Gasteiger partial charge in [0.05, 0.1) is 17.9 Å². The second-order valence-electron chi connectivity index (χ2n) is 4.87. The molecule has 0 unspecified atom stereocenters. The highest BCUT2D eigenvalue weighted by Gasteiger charge is 2.25. The third-order valence-corrected chi connectivity index (χ3v) is 3.57. The summed E-state index contributed by atoms with van der Waals surface area (Å²) in [7, 11) is 0. The summed E-state index contributed by atoms with van der Waals surface area (Å²) in [6.07, 6.45) is 3.00. The summed E-state index contributed by atoms with van der Waals surface area (Å²) in [5.74, 6) is 0.109. The van der Waals surface area contributed by atoms with E-state index in [9.17, 15) is 9.18 Å². The van der Waals surface area contributed by atoms with E-state index in [0.29, 0.717) is 23.6 Å². The Morgan fingerprint density at radius 1 is 1.33 bits per heavy atom. The van der Waals surface area contributed by atoms with E-state index in [1.54, 1.807) is 21.6 Å². The number of fused-ring (bicyclic) bond motifs is 5. The fourth-order valence-electron chi connectivity index (χ4n) is 2.65. The second kappa shape index (κ2) is 4.08. The molecule has 21 heavy (non-hydrogen) atoms. The zero-order valence-corrected chi connectivity index (χ0v) is 11.1. The zero-order valence-electron chi connectivity index (χ0n) is 11.1. The van der Waals surface area contributed by atoms with Gasteiger partial charge in [0, 0.05) is 12.5 Å². The Labute approximate surface area is 118 Å². The summed E-state index contributed by atoms with van der Waals surface area (Å²) in [5, 5.41) is 4.15. The van der Waals surface area contributed by atoms with E-state index in [1.165, 1.54) is 25.4 Å². The molecule has 0 radical (unpaired) electrons. The molecular weight excluding hydrogens is 273 g/mol. The number of hydrogen-bond donors (Lipinski definition) is 0. The molecule has 2 aromatic heterocycles. The van der Waals surface area contributed by atoms with E-state index in [0.717, 1.165) is 11.4 Å². The number of carbonyl (C=O) groups is 1. The average molecular weight is 283 g/mol. The Morgan fingerprint density at radius 2 is 2.19 bits per heavy atom. The minimum Gasteiger partial charge on any atom is -0.300 e. The highest BCUT2D eigenvalue weighted by Crippen LogP contribution is 2.31. The van der Waals surface area contributed by atoms with Crippen molar-refractivity contribution in [1.82, 2.24) is 24.3 Å². The first kappa shape index (κ1) is 12.0. The summed E-state index contributed by atoms with van der Waals surface area (Å²) in [5.41, 5.74) is 2.48. The van der Waals surface area contributed by atoms with Crippen LogP contribution in [0.25, 0.3) is 17.1 Å². The van der Waals surface area contributed by atoms with Crippen molar-refractivity contribution < 1.29 is 9.18 Å².